The van der Waals surface area contributed by atoms with Gasteiger partial charge in [0.1, 0.15) is 5.82 Å². The Kier molecular flexibility index (Phi) is 3.78. The fourth-order valence-corrected chi connectivity index (χ4v) is 2.30. The van der Waals surface area contributed by atoms with Gasteiger partial charge in [0.2, 0.25) is 0 Å². The molecule has 0 bridgehead atoms. The third-order valence-electron chi connectivity index (χ3n) is 3.12. The van der Waals surface area contributed by atoms with Gasteiger partial charge in [-0.05, 0) is 59.4 Å². The average molecular weight is 262 g/mol. The lowest BCUT2D eigenvalue weighted by molar-refractivity contribution is 0.626. The maximum atomic E-state index is 13.1. The molecule has 3 rings (SSSR count). The highest BCUT2D eigenvalue weighted by Gasteiger charge is 2.16. The molecule has 1 aliphatic carbocycles. The maximum Gasteiger partial charge on any atom is 0.123 e. The quantitative estimate of drug-likeness (QED) is 0.752. The van der Waals surface area contributed by atoms with E-state index >= 15 is 0 Å². The molecule has 1 nitrogen and oxygen atoms in total. The molecule has 0 fully saturated rings. The zero-order valence-electron chi connectivity index (χ0n) is 9.77. The molecule has 0 unspecified atom stereocenters. The second-order valence-corrected chi connectivity index (χ2v) is 4.25. The van der Waals surface area contributed by atoms with Gasteiger partial charge in [0.25, 0.3) is 0 Å². The van der Waals surface area contributed by atoms with Gasteiger partial charge < -0.3 is 0 Å². The first-order valence-electron chi connectivity index (χ1n) is 5.72. The van der Waals surface area contributed by atoms with Crippen LogP contribution in [0.25, 0.3) is 11.6 Å². The number of aryl methyl sites for hydroxylation is 1. The van der Waals surface area contributed by atoms with Crippen molar-refractivity contribution < 1.29 is 4.39 Å². The first kappa shape index (κ1) is 12.8. The lowest BCUT2D eigenvalue weighted by Crippen LogP contribution is -1.83. The molecule has 1 aliphatic rings. The van der Waals surface area contributed by atoms with Gasteiger partial charge in [-0.15, -0.1) is 12.4 Å². The standard InChI is InChI=1S/C15H12FN.ClH/c16-14-3-4-15-12(1-2-13(15)10-14)9-11-5-7-17-8-6-11;/h3-10H,1-2H2;1H/b12-9-;. The number of rotatable bonds is 1. The smallest absolute Gasteiger partial charge is 0.123 e. The van der Waals surface area contributed by atoms with Crippen molar-refractivity contribution in [2.45, 2.75) is 12.8 Å². The van der Waals surface area contributed by atoms with Crippen molar-refractivity contribution >= 4 is 24.1 Å². The summed E-state index contributed by atoms with van der Waals surface area (Å²) in [6.45, 7) is 0. The van der Waals surface area contributed by atoms with Gasteiger partial charge in [0, 0.05) is 12.4 Å². The Morgan fingerprint density at radius 1 is 1.06 bits per heavy atom. The lowest BCUT2D eigenvalue weighted by atomic mass is 10.1. The number of halogens is 2. The highest BCUT2D eigenvalue weighted by atomic mass is 35.5. The Labute approximate surface area is 112 Å². The fourth-order valence-electron chi connectivity index (χ4n) is 2.30. The van der Waals surface area contributed by atoms with E-state index in [0.29, 0.717) is 0 Å². The molecule has 1 aromatic carbocycles. The van der Waals surface area contributed by atoms with Crippen molar-refractivity contribution in [2.75, 3.05) is 0 Å². The van der Waals surface area contributed by atoms with Crippen LogP contribution in [0.5, 0.6) is 0 Å². The molecule has 1 heterocycles. The van der Waals surface area contributed by atoms with Crippen molar-refractivity contribution in [1.29, 1.82) is 0 Å². The van der Waals surface area contributed by atoms with Crippen LogP contribution in [0.1, 0.15) is 23.1 Å². The summed E-state index contributed by atoms with van der Waals surface area (Å²) in [6.07, 6.45) is 7.65. The summed E-state index contributed by atoms with van der Waals surface area (Å²) in [6, 6.07) is 9.01. The summed E-state index contributed by atoms with van der Waals surface area (Å²) in [5, 5.41) is 0. The number of benzene rings is 1. The van der Waals surface area contributed by atoms with Crippen LogP contribution in [0, 0.1) is 5.82 Å². The average Bonchev–Trinajstić information content (AvgIpc) is 2.73. The Morgan fingerprint density at radius 3 is 2.61 bits per heavy atom. The van der Waals surface area contributed by atoms with Crippen LogP contribution in [0.2, 0.25) is 0 Å². The van der Waals surface area contributed by atoms with Crippen LogP contribution in [-0.4, -0.2) is 4.98 Å². The van der Waals surface area contributed by atoms with Gasteiger partial charge in [-0.1, -0.05) is 12.1 Å². The second kappa shape index (κ2) is 5.32. The van der Waals surface area contributed by atoms with Crippen molar-refractivity contribution in [3.8, 4) is 0 Å². The van der Waals surface area contributed by atoms with E-state index in [0.717, 1.165) is 24.0 Å². The predicted molar refractivity (Wildman–Crippen MR) is 74.1 cm³/mol. The molecular formula is C15H13ClFN. The van der Waals surface area contributed by atoms with Gasteiger partial charge >= 0.3 is 0 Å². The van der Waals surface area contributed by atoms with E-state index in [1.165, 1.54) is 17.2 Å². The Balaban J connectivity index is 0.00000120. The monoisotopic (exact) mass is 261 g/mol. The SMILES string of the molecule is Cl.Fc1ccc2c(c1)CC/C2=C/c1ccncc1. The second-order valence-electron chi connectivity index (χ2n) is 4.25. The van der Waals surface area contributed by atoms with E-state index in [4.69, 9.17) is 0 Å². The number of hydrogen-bond acceptors (Lipinski definition) is 1. The third-order valence-corrected chi connectivity index (χ3v) is 3.12. The summed E-state index contributed by atoms with van der Waals surface area (Å²) in [5.74, 6) is -0.145. The minimum atomic E-state index is -0.145. The van der Waals surface area contributed by atoms with Crippen LogP contribution in [0.4, 0.5) is 4.39 Å². The molecule has 0 saturated carbocycles. The maximum absolute atomic E-state index is 13.1. The number of pyridine rings is 1. The van der Waals surface area contributed by atoms with E-state index < -0.39 is 0 Å². The molecule has 3 heteroatoms. The van der Waals surface area contributed by atoms with E-state index in [9.17, 15) is 4.39 Å². The van der Waals surface area contributed by atoms with Crippen LogP contribution in [-0.2, 0) is 6.42 Å². The Bertz CT molecular complexity index is 578. The first-order chi connectivity index (χ1) is 8.33. The van der Waals surface area contributed by atoms with Gasteiger partial charge in [0.15, 0.2) is 0 Å². The van der Waals surface area contributed by atoms with Crippen LogP contribution < -0.4 is 0 Å². The number of aromatic nitrogens is 1. The Hall–Kier alpha value is -1.67. The molecule has 0 radical (unpaired) electrons. The van der Waals surface area contributed by atoms with E-state index in [1.807, 2.05) is 18.2 Å². The van der Waals surface area contributed by atoms with E-state index in [2.05, 4.69) is 11.1 Å². The number of nitrogens with zero attached hydrogens (tertiary/aromatic N) is 1. The number of hydrogen-bond donors (Lipinski definition) is 0. The van der Waals surface area contributed by atoms with E-state index in [-0.39, 0.29) is 18.2 Å². The van der Waals surface area contributed by atoms with Crippen molar-refractivity contribution in [1.82, 2.24) is 4.98 Å². The van der Waals surface area contributed by atoms with Crippen molar-refractivity contribution in [3.05, 3.63) is 65.2 Å². The molecule has 92 valence electrons. The van der Waals surface area contributed by atoms with Crippen molar-refractivity contribution in [2.24, 2.45) is 0 Å². The highest BCUT2D eigenvalue weighted by molar-refractivity contribution is 5.85. The molecule has 0 spiro atoms. The molecule has 18 heavy (non-hydrogen) atoms. The predicted octanol–water partition coefficient (Wildman–Crippen LogP) is 4.13. The normalized spacial score (nSPS) is 15.3. The van der Waals surface area contributed by atoms with Crippen LogP contribution in [0.15, 0.2) is 42.7 Å². The zero-order valence-corrected chi connectivity index (χ0v) is 10.6. The molecule has 2 aromatic rings. The molecule has 0 atom stereocenters. The molecule has 0 saturated heterocycles. The summed E-state index contributed by atoms with van der Waals surface area (Å²) < 4.78 is 13.1. The van der Waals surface area contributed by atoms with Gasteiger partial charge in [-0.25, -0.2) is 4.39 Å². The highest BCUT2D eigenvalue weighted by Crippen LogP contribution is 2.33. The van der Waals surface area contributed by atoms with Crippen LogP contribution >= 0.6 is 12.4 Å². The summed E-state index contributed by atoms with van der Waals surface area (Å²) in [4.78, 5) is 4.00. The number of allylic oxidation sites excluding steroid dienone is 1. The van der Waals surface area contributed by atoms with Gasteiger partial charge in [0.05, 0.1) is 0 Å². The molecular weight excluding hydrogens is 249 g/mol. The molecule has 0 N–H and O–H groups in total. The third kappa shape index (κ3) is 2.44. The largest absolute Gasteiger partial charge is 0.265 e. The fraction of sp³-hybridized carbons (Fsp3) is 0.133. The molecule has 0 aliphatic heterocycles. The Morgan fingerprint density at radius 2 is 1.83 bits per heavy atom. The summed E-state index contributed by atoms with van der Waals surface area (Å²) in [5.41, 5.74) is 4.73. The number of fused-ring (bicyclic) bond motifs is 1. The zero-order chi connectivity index (χ0) is 11.7. The molecule has 0 amide bonds. The summed E-state index contributed by atoms with van der Waals surface area (Å²) >= 11 is 0. The van der Waals surface area contributed by atoms with Crippen LogP contribution in [0.3, 0.4) is 0 Å². The minimum absolute atomic E-state index is 0. The van der Waals surface area contributed by atoms with Gasteiger partial charge in [-0.2, -0.15) is 0 Å². The molecule has 1 aromatic heterocycles. The summed E-state index contributed by atoms with van der Waals surface area (Å²) in [7, 11) is 0. The lowest BCUT2D eigenvalue weighted by Gasteiger charge is -2.01. The van der Waals surface area contributed by atoms with Crippen molar-refractivity contribution in [3.63, 3.8) is 0 Å². The minimum Gasteiger partial charge on any atom is -0.265 e. The van der Waals surface area contributed by atoms with E-state index in [1.54, 1.807) is 18.5 Å². The van der Waals surface area contributed by atoms with Gasteiger partial charge in [-0.3, -0.25) is 4.98 Å². The first-order valence-corrected chi connectivity index (χ1v) is 5.72. The topological polar surface area (TPSA) is 12.9 Å².